The minimum absolute atomic E-state index is 0.0570. The largest absolute Gasteiger partial charge is 0.356 e. The summed E-state index contributed by atoms with van der Waals surface area (Å²) >= 11 is 0. The molecule has 0 aromatic carbocycles. The van der Waals surface area contributed by atoms with Gasteiger partial charge in [-0.25, -0.2) is 9.97 Å². The summed E-state index contributed by atoms with van der Waals surface area (Å²) in [7, 11) is 0. The topological polar surface area (TPSA) is 82.8 Å². The molecule has 2 saturated heterocycles. The highest BCUT2D eigenvalue weighted by Gasteiger charge is 2.28. The van der Waals surface area contributed by atoms with Crippen LogP contribution in [-0.2, 0) is 9.59 Å². The van der Waals surface area contributed by atoms with Crippen LogP contribution in [0.3, 0.4) is 0 Å². The zero-order chi connectivity index (χ0) is 21.2. The Labute approximate surface area is 181 Å². The van der Waals surface area contributed by atoms with Crippen LogP contribution in [0.25, 0.3) is 16.7 Å². The van der Waals surface area contributed by atoms with Crippen molar-refractivity contribution < 1.29 is 9.59 Å². The van der Waals surface area contributed by atoms with E-state index in [9.17, 15) is 9.59 Å². The third-order valence-electron chi connectivity index (χ3n) is 6.38. The number of nitrogens with one attached hydrogen (secondary N) is 1. The number of piperidine rings is 1. The molecule has 0 spiro atoms. The Hall–Kier alpha value is -3.16. The van der Waals surface area contributed by atoms with Crippen LogP contribution in [0.1, 0.15) is 32.1 Å². The number of pyridine rings is 1. The van der Waals surface area contributed by atoms with Gasteiger partial charge in [-0.2, -0.15) is 0 Å². The molecule has 2 amide bonds. The van der Waals surface area contributed by atoms with E-state index in [1.54, 1.807) is 6.20 Å². The molecule has 5 heterocycles. The van der Waals surface area contributed by atoms with Crippen LogP contribution >= 0.6 is 0 Å². The lowest BCUT2D eigenvalue weighted by atomic mass is 9.97. The molecule has 0 aliphatic carbocycles. The van der Waals surface area contributed by atoms with Crippen molar-refractivity contribution in [2.75, 3.05) is 37.6 Å². The molecule has 3 aromatic rings. The predicted octanol–water partition coefficient (Wildman–Crippen LogP) is 2.23. The number of fused-ring (bicyclic) bond motifs is 3. The molecule has 0 saturated carbocycles. The van der Waals surface area contributed by atoms with E-state index in [1.807, 2.05) is 29.3 Å². The Bertz CT molecular complexity index is 1110. The molecule has 1 N–H and O–H groups in total. The molecule has 162 valence electrons. The first-order valence-electron chi connectivity index (χ1n) is 11.2. The van der Waals surface area contributed by atoms with Gasteiger partial charge in [0.05, 0.1) is 17.0 Å². The number of rotatable bonds is 6. The van der Waals surface area contributed by atoms with Gasteiger partial charge in [0.15, 0.2) is 11.5 Å². The van der Waals surface area contributed by atoms with Crippen LogP contribution in [0.4, 0.5) is 5.82 Å². The molecule has 1 atom stereocenters. The van der Waals surface area contributed by atoms with Crippen molar-refractivity contribution in [3.63, 3.8) is 0 Å². The van der Waals surface area contributed by atoms with Crippen LogP contribution in [0.5, 0.6) is 0 Å². The van der Waals surface area contributed by atoms with Crippen LogP contribution in [0.2, 0.25) is 0 Å². The number of nitrogens with zero attached hydrogens (tertiary/aromatic N) is 5. The van der Waals surface area contributed by atoms with Gasteiger partial charge in [0, 0.05) is 51.5 Å². The lowest BCUT2D eigenvalue weighted by molar-refractivity contribution is -0.127. The minimum Gasteiger partial charge on any atom is -0.356 e. The van der Waals surface area contributed by atoms with Gasteiger partial charge in [-0.1, -0.05) is 0 Å². The highest BCUT2D eigenvalue weighted by Crippen LogP contribution is 2.28. The molecular weight excluding hydrogens is 392 g/mol. The number of amides is 2. The van der Waals surface area contributed by atoms with Gasteiger partial charge in [0.1, 0.15) is 0 Å². The van der Waals surface area contributed by atoms with Crippen LogP contribution in [0, 0.1) is 5.92 Å². The van der Waals surface area contributed by atoms with Gasteiger partial charge in [-0.3, -0.25) is 9.59 Å². The molecule has 0 radical (unpaired) electrons. The van der Waals surface area contributed by atoms with Crippen LogP contribution in [0.15, 0.2) is 36.7 Å². The van der Waals surface area contributed by atoms with Gasteiger partial charge in [0.2, 0.25) is 11.8 Å². The fraction of sp³-hybridized carbons (Fsp3) is 0.478. The second-order valence-corrected chi connectivity index (χ2v) is 8.46. The average Bonchev–Trinajstić information content (AvgIpc) is 3.45. The van der Waals surface area contributed by atoms with Crippen LogP contribution in [-0.4, -0.2) is 63.8 Å². The molecule has 3 aromatic heterocycles. The SMILES string of the molecule is O=C(NCCCN1CCCC1=O)C1CCCN(c2nc3ncccc3n3cccc23)C1. The van der Waals surface area contributed by atoms with E-state index >= 15 is 0 Å². The van der Waals surface area contributed by atoms with E-state index in [1.165, 1.54) is 0 Å². The summed E-state index contributed by atoms with van der Waals surface area (Å²) in [6.45, 7) is 3.73. The number of likely N-dealkylation sites (tertiary alicyclic amines) is 1. The summed E-state index contributed by atoms with van der Waals surface area (Å²) < 4.78 is 2.12. The molecule has 1 unspecified atom stereocenters. The third kappa shape index (κ3) is 3.94. The van der Waals surface area contributed by atoms with Gasteiger partial charge >= 0.3 is 0 Å². The first-order valence-corrected chi connectivity index (χ1v) is 11.2. The first kappa shape index (κ1) is 19.8. The first-order chi connectivity index (χ1) is 15.2. The minimum atomic E-state index is -0.0570. The molecule has 8 heteroatoms. The average molecular weight is 421 g/mol. The van der Waals surface area contributed by atoms with Crippen molar-refractivity contribution in [1.29, 1.82) is 0 Å². The van der Waals surface area contributed by atoms with E-state index in [4.69, 9.17) is 4.98 Å². The third-order valence-corrected chi connectivity index (χ3v) is 6.38. The van der Waals surface area contributed by atoms with Gasteiger partial charge in [-0.15, -0.1) is 0 Å². The second kappa shape index (κ2) is 8.53. The Balaban J connectivity index is 1.24. The zero-order valence-corrected chi connectivity index (χ0v) is 17.7. The monoisotopic (exact) mass is 420 g/mol. The Morgan fingerprint density at radius 1 is 1.16 bits per heavy atom. The summed E-state index contributed by atoms with van der Waals surface area (Å²) in [5.41, 5.74) is 2.73. The summed E-state index contributed by atoms with van der Waals surface area (Å²) in [4.78, 5) is 37.9. The molecule has 2 aliphatic rings. The van der Waals surface area contributed by atoms with Crippen molar-refractivity contribution in [1.82, 2.24) is 24.6 Å². The van der Waals surface area contributed by atoms with Crippen molar-refractivity contribution >= 4 is 34.3 Å². The van der Waals surface area contributed by atoms with Crippen LogP contribution < -0.4 is 10.2 Å². The van der Waals surface area contributed by atoms with Crippen molar-refractivity contribution in [2.45, 2.75) is 32.1 Å². The molecule has 2 aliphatic heterocycles. The van der Waals surface area contributed by atoms with E-state index < -0.39 is 0 Å². The number of carbonyl (C=O) groups is 2. The molecule has 8 nitrogen and oxygen atoms in total. The van der Waals surface area contributed by atoms with E-state index in [-0.39, 0.29) is 17.7 Å². The normalized spacial score (nSPS) is 19.5. The summed E-state index contributed by atoms with van der Waals surface area (Å²) in [5, 5.41) is 3.08. The standard InChI is InChI=1S/C23H28N6O2/c30-20-9-4-12-27(20)14-5-11-25-23(31)17-6-2-13-28(16-17)22-19-8-3-15-29(19)18-7-1-10-24-21(18)26-22/h1,3,7-8,10,15,17H,2,4-6,9,11-14,16H2,(H,25,31). The van der Waals surface area contributed by atoms with Gasteiger partial charge < -0.3 is 19.5 Å². The lowest BCUT2D eigenvalue weighted by Crippen LogP contribution is -2.44. The van der Waals surface area contributed by atoms with E-state index in [2.05, 4.69) is 25.7 Å². The zero-order valence-electron chi connectivity index (χ0n) is 17.7. The smallest absolute Gasteiger partial charge is 0.224 e. The van der Waals surface area contributed by atoms with Crippen molar-refractivity contribution in [3.8, 4) is 0 Å². The Morgan fingerprint density at radius 2 is 2.06 bits per heavy atom. The number of carbonyl (C=O) groups excluding carboxylic acids is 2. The second-order valence-electron chi connectivity index (χ2n) is 8.46. The number of hydrogen-bond acceptors (Lipinski definition) is 5. The molecule has 0 bridgehead atoms. The quantitative estimate of drug-likeness (QED) is 0.619. The Kier molecular flexibility index (Phi) is 5.44. The highest BCUT2D eigenvalue weighted by atomic mass is 16.2. The Morgan fingerprint density at radius 3 is 2.94 bits per heavy atom. The number of hydrogen-bond donors (Lipinski definition) is 1. The molecule has 5 rings (SSSR count). The van der Waals surface area contributed by atoms with E-state index in [0.717, 1.165) is 62.2 Å². The molecule has 31 heavy (non-hydrogen) atoms. The fourth-order valence-electron chi connectivity index (χ4n) is 4.78. The number of aromatic nitrogens is 3. The maximum absolute atomic E-state index is 12.8. The summed E-state index contributed by atoms with van der Waals surface area (Å²) in [5.74, 6) is 1.17. The molecular formula is C23H28N6O2. The highest BCUT2D eigenvalue weighted by molar-refractivity contribution is 5.84. The van der Waals surface area contributed by atoms with Gasteiger partial charge in [0.25, 0.3) is 0 Å². The van der Waals surface area contributed by atoms with Gasteiger partial charge in [-0.05, 0) is 49.9 Å². The maximum atomic E-state index is 12.8. The fourth-order valence-corrected chi connectivity index (χ4v) is 4.78. The molecule has 2 fully saturated rings. The summed E-state index contributed by atoms with van der Waals surface area (Å²) in [6.07, 6.45) is 8.05. The van der Waals surface area contributed by atoms with Crippen molar-refractivity contribution in [3.05, 3.63) is 36.7 Å². The van der Waals surface area contributed by atoms with E-state index in [0.29, 0.717) is 25.2 Å². The lowest BCUT2D eigenvalue weighted by Gasteiger charge is -2.33. The predicted molar refractivity (Wildman–Crippen MR) is 119 cm³/mol. The number of anilines is 1. The maximum Gasteiger partial charge on any atom is 0.224 e. The van der Waals surface area contributed by atoms with Crippen molar-refractivity contribution in [2.24, 2.45) is 5.92 Å². The summed E-state index contributed by atoms with van der Waals surface area (Å²) in [6, 6.07) is 8.03.